The second-order valence-corrected chi connectivity index (χ2v) is 6.30. The van der Waals surface area contributed by atoms with Gasteiger partial charge in [-0.1, -0.05) is 6.92 Å². The van der Waals surface area contributed by atoms with E-state index in [-0.39, 0.29) is 30.0 Å². The van der Waals surface area contributed by atoms with E-state index in [1.165, 1.54) is 18.6 Å². The second kappa shape index (κ2) is 9.28. The Balaban J connectivity index is 0.00000220. The van der Waals surface area contributed by atoms with Crippen LogP contribution in [0.4, 0.5) is 4.39 Å². The topological polar surface area (TPSA) is 41.1 Å². The lowest BCUT2D eigenvalue weighted by Crippen LogP contribution is -2.39. The van der Waals surface area contributed by atoms with Crippen molar-refractivity contribution in [2.45, 2.75) is 30.7 Å². The summed E-state index contributed by atoms with van der Waals surface area (Å²) in [6.07, 6.45) is 2.33. The minimum atomic E-state index is -0.232. The van der Waals surface area contributed by atoms with Crippen LogP contribution in [0.25, 0.3) is 0 Å². The van der Waals surface area contributed by atoms with Gasteiger partial charge in [-0.2, -0.15) is 0 Å². The normalized spacial score (nSPS) is 18.9. The molecule has 1 heterocycles. The molecule has 0 spiro atoms. The molecule has 2 N–H and O–H groups in total. The number of carbonyl (C=O) groups is 1. The van der Waals surface area contributed by atoms with Crippen molar-refractivity contribution in [2.75, 3.05) is 18.8 Å². The number of amides is 1. The fourth-order valence-corrected chi connectivity index (χ4v) is 3.08. The summed E-state index contributed by atoms with van der Waals surface area (Å²) in [7, 11) is 0. The molecule has 2 unspecified atom stereocenters. The summed E-state index contributed by atoms with van der Waals surface area (Å²) in [4.78, 5) is 13.0. The molecule has 1 fully saturated rings. The maximum Gasteiger partial charge on any atom is 0.223 e. The lowest BCUT2D eigenvalue weighted by Gasteiger charge is -2.15. The summed E-state index contributed by atoms with van der Waals surface area (Å²) in [6.45, 7) is 3.69. The maximum absolute atomic E-state index is 12.8. The summed E-state index contributed by atoms with van der Waals surface area (Å²) < 4.78 is 12.8. The fourth-order valence-electron chi connectivity index (χ4n) is 2.16. The van der Waals surface area contributed by atoms with Crippen LogP contribution in [0.15, 0.2) is 29.2 Å². The molecule has 21 heavy (non-hydrogen) atoms. The van der Waals surface area contributed by atoms with Crippen LogP contribution in [0, 0.1) is 11.7 Å². The van der Waals surface area contributed by atoms with Gasteiger partial charge in [0, 0.05) is 29.2 Å². The Bertz CT molecular complexity index is 438. The number of hydrogen-bond donors (Lipinski definition) is 2. The average Bonchev–Trinajstić information content (AvgIpc) is 2.97. The van der Waals surface area contributed by atoms with Gasteiger partial charge in [0.15, 0.2) is 0 Å². The van der Waals surface area contributed by atoms with E-state index in [2.05, 4.69) is 10.6 Å². The molecule has 1 amide bonds. The molecule has 6 heteroatoms. The van der Waals surface area contributed by atoms with Crippen molar-refractivity contribution in [3.05, 3.63) is 30.1 Å². The fraction of sp³-hybridized carbons (Fsp3) is 0.533. The lowest BCUT2D eigenvalue weighted by molar-refractivity contribution is -0.123. The zero-order valence-corrected chi connectivity index (χ0v) is 13.7. The van der Waals surface area contributed by atoms with Crippen LogP contribution in [0.3, 0.4) is 0 Å². The number of thioether (sulfide) groups is 1. The van der Waals surface area contributed by atoms with E-state index in [0.29, 0.717) is 18.3 Å². The van der Waals surface area contributed by atoms with Crippen LogP contribution in [0.1, 0.15) is 19.8 Å². The Morgan fingerprint density at radius 3 is 2.81 bits per heavy atom. The Labute approximate surface area is 135 Å². The van der Waals surface area contributed by atoms with Crippen LogP contribution >= 0.6 is 24.2 Å². The van der Waals surface area contributed by atoms with Gasteiger partial charge in [-0.15, -0.1) is 24.2 Å². The van der Waals surface area contributed by atoms with Gasteiger partial charge in [-0.05, 0) is 43.7 Å². The standard InChI is InChI=1S/C15H21FN2OS.ClH/c1-11(10-20-14-6-4-12(16)5-7-14)15(19)18-9-13-3-2-8-17-13;/h4-7,11,13,17H,2-3,8-10H2,1H3,(H,18,19);1H. The minimum absolute atomic E-state index is 0. The summed E-state index contributed by atoms with van der Waals surface area (Å²) in [5.74, 6) is 0.513. The predicted octanol–water partition coefficient (Wildman–Crippen LogP) is 2.84. The van der Waals surface area contributed by atoms with E-state index in [0.717, 1.165) is 17.9 Å². The van der Waals surface area contributed by atoms with Gasteiger partial charge in [0.25, 0.3) is 0 Å². The van der Waals surface area contributed by atoms with Crippen LogP contribution < -0.4 is 10.6 Å². The Hall–Kier alpha value is -0.780. The van der Waals surface area contributed by atoms with Gasteiger partial charge in [0.1, 0.15) is 5.82 Å². The number of carbonyl (C=O) groups excluding carboxylic acids is 1. The van der Waals surface area contributed by atoms with Crippen molar-refractivity contribution in [3.63, 3.8) is 0 Å². The first-order valence-corrected chi connectivity index (χ1v) is 8.03. The summed E-state index contributed by atoms with van der Waals surface area (Å²) in [6, 6.07) is 6.80. The van der Waals surface area contributed by atoms with Crippen LogP contribution in [-0.2, 0) is 4.79 Å². The SMILES string of the molecule is CC(CSc1ccc(F)cc1)C(=O)NCC1CCCN1.Cl. The minimum Gasteiger partial charge on any atom is -0.354 e. The monoisotopic (exact) mass is 332 g/mol. The Kier molecular flexibility index (Phi) is 8.07. The third-order valence-electron chi connectivity index (χ3n) is 3.45. The molecular weight excluding hydrogens is 311 g/mol. The first-order chi connectivity index (χ1) is 9.65. The first kappa shape index (κ1) is 18.3. The van der Waals surface area contributed by atoms with Crippen molar-refractivity contribution < 1.29 is 9.18 Å². The third kappa shape index (κ3) is 6.24. The predicted molar refractivity (Wildman–Crippen MR) is 87.6 cm³/mol. The molecule has 1 aliphatic heterocycles. The number of rotatable bonds is 6. The Morgan fingerprint density at radius 1 is 1.48 bits per heavy atom. The molecule has 0 saturated carbocycles. The van der Waals surface area contributed by atoms with Gasteiger partial charge < -0.3 is 10.6 Å². The molecule has 0 aliphatic carbocycles. The highest BCUT2D eigenvalue weighted by molar-refractivity contribution is 7.99. The highest BCUT2D eigenvalue weighted by Crippen LogP contribution is 2.21. The molecule has 118 valence electrons. The number of benzene rings is 1. The summed E-state index contributed by atoms with van der Waals surface area (Å²) in [5, 5.41) is 6.35. The summed E-state index contributed by atoms with van der Waals surface area (Å²) >= 11 is 1.58. The number of nitrogens with one attached hydrogen (secondary N) is 2. The van der Waals surface area contributed by atoms with Crippen molar-refractivity contribution >= 4 is 30.1 Å². The van der Waals surface area contributed by atoms with Crippen molar-refractivity contribution in [2.24, 2.45) is 5.92 Å². The van der Waals surface area contributed by atoms with Gasteiger partial charge in [-0.3, -0.25) is 4.79 Å². The molecule has 0 radical (unpaired) electrons. The lowest BCUT2D eigenvalue weighted by atomic mass is 10.2. The molecule has 3 nitrogen and oxygen atoms in total. The van der Waals surface area contributed by atoms with Gasteiger partial charge in [0.2, 0.25) is 5.91 Å². The molecule has 0 bridgehead atoms. The molecule has 1 aromatic carbocycles. The average molecular weight is 333 g/mol. The third-order valence-corrected chi connectivity index (χ3v) is 4.72. The van der Waals surface area contributed by atoms with Crippen LogP contribution in [-0.4, -0.2) is 30.8 Å². The molecule has 1 aromatic rings. The highest BCUT2D eigenvalue weighted by Gasteiger charge is 2.17. The van der Waals surface area contributed by atoms with Gasteiger partial charge in [0.05, 0.1) is 0 Å². The van der Waals surface area contributed by atoms with E-state index < -0.39 is 0 Å². The molecule has 0 aromatic heterocycles. The van der Waals surface area contributed by atoms with Crippen LogP contribution in [0.5, 0.6) is 0 Å². The maximum atomic E-state index is 12.8. The number of halogens is 2. The molecule has 2 rings (SSSR count). The van der Waals surface area contributed by atoms with Gasteiger partial charge in [-0.25, -0.2) is 4.39 Å². The van der Waals surface area contributed by atoms with Crippen LogP contribution in [0.2, 0.25) is 0 Å². The Morgan fingerprint density at radius 2 is 2.19 bits per heavy atom. The zero-order valence-electron chi connectivity index (χ0n) is 12.1. The van der Waals surface area contributed by atoms with E-state index in [1.54, 1.807) is 23.9 Å². The quantitative estimate of drug-likeness (QED) is 0.787. The highest BCUT2D eigenvalue weighted by atomic mass is 35.5. The smallest absolute Gasteiger partial charge is 0.223 e. The number of hydrogen-bond acceptors (Lipinski definition) is 3. The van der Waals surface area contributed by atoms with E-state index in [9.17, 15) is 9.18 Å². The van der Waals surface area contributed by atoms with Gasteiger partial charge >= 0.3 is 0 Å². The molecule has 2 atom stereocenters. The van der Waals surface area contributed by atoms with E-state index in [4.69, 9.17) is 0 Å². The van der Waals surface area contributed by atoms with E-state index in [1.807, 2.05) is 6.92 Å². The van der Waals surface area contributed by atoms with Crippen molar-refractivity contribution in [3.8, 4) is 0 Å². The molecule has 1 saturated heterocycles. The second-order valence-electron chi connectivity index (χ2n) is 5.20. The molecule has 1 aliphatic rings. The molecular formula is C15H22ClFN2OS. The van der Waals surface area contributed by atoms with Crippen molar-refractivity contribution in [1.29, 1.82) is 0 Å². The summed E-state index contributed by atoms with van der Waals surface area (Å²) in [5.41, 5.74) is 0. The first-order valence-electron chi connectivity index (χ1n) is 7.04. The van der Waals surface area contributed by atoms with E-state index >= 15 is 0 Å². The van der Waals surface area contributed by atoms with Crippen molar-refractivity contribution in [1.82, 2.24) is 10.6 Å². The largest absolute Gasteiger partial charge is 0.354 e. The zero-order chi connectivity index (χ0) is 14.4.